The van der Waals surface area contributed by atoms with E-state index in [4.69, 9.17) is 0 Å². The van der Waals surface area contributed by atoms with E-state index in [1.165, 1.54) is 6.07 Å². The molecule has 1 heterocycles. The zero-order valence-corrected chi connectivity index (χ0v) is 12.9. The van der Waals surface area contributed by atoms with Gasteiger partial charge in [-0.2, -0.15) is 0 Å². The van der Waals surface area contributed by atoms with Gasteiger partial charge in [0.25, 0.3) is 0 Å². The van der Waals surface area contributed by atoms with E-state index in [1.807, 2.05) is 12.1 Å². The van der Waals surface area contributed by atoms with Crippen LogP contribution in [0.5, 0.6) is 0 Å². The summed E-state index contributed by atoms with van der Waals surface area (Å²) in [5.41, 5.74) is 1.08. The second-order valence-electron chi connectivity index (χ2n) is 4.78. The first-order valence-corrected chi connectivity index (χ1v) is 7.74. The summed E-state index contributed by atoms with van der Waals surface area (Å²) in [7, 11) is 0. The molecular formula is C16H18F2N2S. The molecule has 2 aromatic rings. The van der Waals surface area contributed by atoms with Crippen molar-refractivity contribution < 1.29 is 8.78 Å². The molecule has 1 atom stereocenters. The number of hydrogen-bond acceptors (Lipinski definition) is 3. The monoisotopic (exact) mass is 308 g/mol. The van der Waals surface area contributed by atoms with Gasteiger partial charge in [-0.1, -0.05) is 18.7 Å². The van der Waals surface area contributed by atoms with Crippen LogP contribution in [0.25, 0.3) is 0 Å². The van der Waals surface area contributed by atoms with Crippen LogP contribution in [0.15, 0.2) is 46.5 Å². The molecule has 0 saturated carbocycles. The summed E-state index contributed by atoms with van der Waals surface area (Å²) >= 11 is 1.13. The minimum Gasteiger partial charge on any atom is -0.310 e. The van der Waals surface area contributed by atoms with Crippen molar-refractivity contribution in [3.05, 3.63) is 53.7 Å². The largest absolute Gasteiger partial charge is 0.310 e. The zero-order chi connectivity index (χ0) is 15.2. The van der Waals surface area contributed by atoms with Crippen LogP contribution in [0.1, 0.15) is 31.9 Å². The molecule has 0 radical (unpaired) electrons. The van der Waals surface area contributed by atoms with E-state index >= 15 is 0 Å². The Labute approximate surface area is 128 Å². The van der Waals surface area contributed by atoms with Crippen LogP contribution < -0.4 is 5.32 Å². The van der Waals surface area contributed by atoms with Crippen LogP contribution >= 0.6 is 11.8 Å². The van der Waals surface area contributed by atoms with Crippen molar-refractivity contribution >= 4 is 11.8 Å². The highest BCUT2D eigenvalue weighted by molar-refractivity contribution is 7.99. The van der Waals surface area contributed by atoms with E-state index < -0.39 is 11.6 Å². The van der Waals surface area contributed by atoms with Gasteiger partial charge in [-0.3, -0.25) is 0 Å². The molecule has 0 amide bonds. The topological polar surface area (TPSA) is 24.9 Å². The predicted octanol–water partition coefficient (Wildman–Crippen LogP) is 4.57. The van der Waals surface area contributed by atoms with Gasteiger partial charge < -0.3 is 5.32 Å². The van der Waals surface area contributed by atoms with Crippen molar-refractivity contribution in [1.82, 2.24) is 10.3 Å². The fraction of sp³-hybridized carbons (Fsp3) is 0.312. The maximum Gasteiger partial charge on any atom is 0.137 e. The molecule has 5 heteroatoms. The van der Waals surface area contributed by atoms with Crippen molar-refractivity contribution in [3.63, 3.8) is 0 Å². The molecule has 0 aliphatic carbocycles. The molecule has 0 spiro atoms. The first-order chi connectivity index (χ1) is 10.1. The highest BCUT2D eigenvalue weighted by Gasteiger charge is 2.09. The third kappa shape index (κ3) is 4.51. The van der Waals surface area contributed by atoms with E-state index in [9.17, 15) is 8.78 Å². The number of rotatable bonds is 6. The van der Waals surface area contributed by atoms with Crippen LogP contribution in [0, 0.1) is 11.6 Å². The summed E-state index contributed by atoms with van der Waals surface area (Å²) in [4.78, 5) is 4.46. The van der Waals surface area contributed by atoms with Gasteiger partial charge in [0.05, 0.1) is 4.90 Å². The number of hydrogen-bond donors (Lipinski definition) is 1. The van der Waals surface area contributed by atoms with Crippen molar-refractivity contribution in [2.24, 2.45) is 0 Å². The summed E-state index contributed by atoms with van der Waals surface area (Å²) in [6.45, 7) is 5.12. The molecule has 1 unspecified atom stereocenters. The molecule has 1 aromatic heterocycles. The number of nitrogens with one attached hydrogen (secondary N) is 1. The molecule has 2 nitrogen and oxygen atoms in total. The standard InChI is InChI=1S/C16H18F2N2S/c1-3-7-19-11(2)12-6-8-20-16(9-12)21-15-10-13(17)4-5-14(15)18/h4-6,8-11,19H,3,7H2,1-2H3. The molecular weight excluding hydrogens is 290 g/mol. The van der Waals surface area contributed by atoms with Gasteiger partial charge in [-0.25, -0.2) is 13.8 Å². The minimum absolute atomic E-state index is 0.199. The normalized spacial score (nSPS) is 12.4. The second-order valence-corrected chi connectivity index (χ2v) is 5.84. The third-order valence-corrected chi connectivity index (χ3v) is 4.03. The Bertz CT molecular complexity index is 605. The maximum atomic E-state index is 13.7. The lowest BCUT2D eigenvalue weighted by Gasteiger charge is -2.14. The summed E-state index contributed by atoms with van der Waals surface area (Å²) in [5, 5.41) is 4.04. The van der Waals surface area contributed by atoms with E-state index in [1.54, 1.807) is 6.20 Å². The highest BCUT2D eigenvalue weighted by Crippen LogP contribution is 2.30. The van der Waals surface area contributed by atoms with Crippen molar-refractivity contribution in [2.45, 2.75) is 36.2 Å². The van der Waals surface area contributed by atoms with E-state index in [0.717, 1.165) is 42.4 Å². The van der Waals surface area contributed by atoms with E-state index in [0.29, 0.717) is 5.03 Å². The number of benzene rings is 1. The van der Waals surface area contributed by atoms with Crippen LogP contribution in [-0.2, 0) is 0 Å². The summed E-state index contributed by atoms with van der Waals surface area (Å²) in [6, 6.07) is 7.46. The molecule has 0 aliphatic heterocycles. The first kappa shape index (κ1) is 15.9. The van der Waals surface area contributed by atoms with Crippen molar-refractivity contribution in [3.8, 4) is 0 Å². The van der Waals surface area contributed by atoms with Crippen molar-refractivity contribution in [1.29, 1.82) is 0 Å². The van der Waals surface area contributed by atoms with Crippen LogP contribution in [0.3, 0.4) is 0 Å². The van der Waals surface area contributed by atoms with E-state index in [-0.39, 0.29) is 10.9 Å². The number of pyridine rings is 1. The Balaban J connectivity index is 2.15. The van der Waals surface area contributed by atoms with Gasteiger partial charge in [-0.15, -0.1) is 0 Å². The smallest absolute Gasteiger partial charge is 0.137 e. The average Bonchev–Trinajstić information content (AvgIpc) is 2.49. The fourth-order valence-corrected chi connectivity index (χ4v) is 2.77. The number of aromatic nitrogens is 1. The van der Waals surface area contributed by atoms with Gasteiger partial charge in [0, 0.05) is 12.2 Å². The summed E-state index contributed by atoms with van der Waals surface area (Å²) in [5.74, 6) is -0.890. The summed E-state index contributed by atoms with van der Waals surface area (Å²) in [6.07, 6.45) is 2.75. The first-order valence-electron chi connectivity index (χ1n) is 6.92. The summed E-state index contributed by atoms with van der Waals surface area (Å²) < 4.78 is 26.8. The quantitative estimate of drug-likeness (QED) is 0.846. The third-order valence-electron chi connectivity index (χ3n) is 3.07. The Morgan fingerprint density at radius 1 is 1.24 bits per heavy atom. The van der Waals surface area contributed by atoms with Crippen LogP contribution in [0.2, 0.25) is 0 Å². The molecule has 0 aliphatic rings. The Morgan fingerprint density at radius 2 is 2.05 bits per heavy atom. The minimum atomic E-state index is -0.451. The lowest BCUT2D eigenvalue weighted by molar-refractivity contribution is 0.568. The number of nitrogens with zero attached hydrogens (tertiary/aromatic N) is 1. The molecule has 0 bridgehead atoms. The van der Waals surface area contributed by atoms with Crippen LogP contribution in [0.4, 0.5) is 8.78 Å². The Morgan fingerprint density at radius 3 is 2.81 bits per heavy atom. The van der Waals surface area contributed by atoms with Gasteiger partial charge >= 0.3 is 0 Å². The maximum absolute atomic E-state index is 13.7. The molecule has 0 fully saturated rings. The van der Waals surface area contributed by atoms with Crippen LogP contribution in [-0.4, -0.2) is 11.5 Å². The van der Waals surface area contributed by atoms with E-state index in [2.05, 4.69) is 24.1 Å². The lowest BCUT2D eigenvalue weighted by atomic mass is 10.1. The highest BCUT2D eigenvalue weighted by atomic mass is 32.2. The Hall–Kier alpha value is -1.46. The molecule has 1 N–H and O–H groups in total. The van der Waals surface area contributed by atoms with Gasteiger partial charge in [-0.05, 0) is 55.8 Å². The van der Waals surface area contributed by atoms with Gasteiger partial charge in [0.1, 0.15) is 16.7 Å². The SMILES string of the molecule is CCCNC(C)c1ccnc(Sc2cc(F)ccc2F)c1. The number of halogens is 2. The average molecular weight is 308 g/mol. The molecule has 21 heavy (non-hydrogen) atoms. The van der Waals surface area contributed by atoms with Gasteiger partial charge in [0.2, 0.25) is 0 Å². The fourth-order valence-electron chi connectivity index (χ4n) is 1.90. The molecule has 112 valence electrons. The van der Waals surface area contributed by atoms with Gasteiger partial charge in [0.15, 0.2) is 0 Å². The molecule has 1 aromatic carbocycles. The Kier molecular flexibility index (Phi) is 5.70. The second kappa shape index (κ2) is 7.52. The lowest BCUT2D eigenvalue weighted by Crippen LogP contribution is -2.19. The zero-order valence-electron chi connectivity index (χ0n) is 12.1. The molecule has 2 rings (SSSR count). The van der Waals surface area contributed by atoms with Crippen molar-refractivity contribution in [2.75, 3.05) is 6.54 Å². The predicted molar refractivity (Wildman–Crippen MR) is 81.4 cm³/mol. The molecule has 0 saturated heterocycles.